The van der Waals surface area contributed by atoms with Crippen molar-refractivity contribution in [2.75, 3.05) is 13.1 Å². The lowest BCUT2D eigenvalue weighted by molar-refractivity contribution is -0.142. The highest BCUT2D eigenvalue weighted by Gasteiger charge is 2.37. The molecule has 1 amide bonds. The summed E-state index contributed by atoms with van der Waals surface area (Å²) in [5.74, 6) is 0.201. The van der Waals surface area contributed by atoms with Crippen molar-refractivity contribution >= 4 is 5.91 Å². The standard InChI is InChI=1S/C11H19F2NO/c1-4-8-5-14(11(15)10(12)13)6-9(8)7(2)3/h7-10H,4-6H2,1-3H3. The van der Waals surface area contributed by atoms with Crippen molar-refractivity contribution in [3.8, 4) is 0 Å². The van der Waals surface area contributed by atoms with Crippen molar-refractivity contribution in [2.24, 2.45) is 17.8 Å². The summed E-state index contributed by atoms with van der Waals surface area (Å²) in [6.45, 7) is 7.23. The van der Waals surface area contributed by atoms with Crippen molar-refractivity contribution in [3.05, 3.63) is 0 Å². The fraction of sp³-hybridized carbons (Fsp3) is 0.909. The molecule has 1 aliphatic rings. The van der Waals surface area contributed by atoms with Crippen LogP contribution in [0.1, 0.15) is 27.2 Å². The first-order chi connectivity index (χ1) is 6.97. The maximum Gasteiger partial charge on any atom is 0.315 e. The first-order valence-electron chi connectivity index (χ1n) is 5.54. The van der Waals surface area contributed by atoms with Gasteiger partial charge in [0.05, 0.1) is 0 Å². The Labute approximate surface area is 89.6 Å². The molecular formula is C11H19F2NO. The van der Waals surface area contributed by atoms with Crippen molar-refractivity contribution < 1.29 is 13.6 Å². The average Bonchev–Trinajstić information content (AvgIpc) is 2.59. The zero-order valence-electron chi connectivity index (χ0n) is 9.54. The molecule has 88 valence electrons. The minimum Gasteiger partial charge on any atom is -0.337 e. The van der Waals surface area contributed by atoms with E-state index in [0.29, 0.717) is 30.8 Å². The minimum atomic E-state index is -2.85. The van der Waals surface area contributed by atoms with Crippen LogP contribution in [0.25, 0.3) is 0 Å². The van der Waals surface area contributed by atoms with E-state index in [-0.39, 0.29) is 0 Å². The van der Waals surface area contributed by atoms with Gasteiger partial charge in [-0.3, -0.25) is 4.79 Å². The highest BCUT2D eigenvalue weighted by molar-refractivity contribution is 5.79. The summed E-state index contributed by atoms with van der Waals surface area (Å²) >= 11 is 0. The second kappa shape index (κ2) is 4.90. The molecule has 15 heavy (non-hydrogen) atoms. The molecule has 0 saturated carbocycles. The molecule has 1 fully saturated rings. The first kappa shape index (κ1) is 12.4. The lowest BCUT2D eigenvalue weighted by Gasteiger charge is -2.19. The van der Waals surface area contributed by atoms with E-state index in [9.17, 15) is 13.6 Å². The Kier molecular flexibility index (Phi) is 4.05. The predicted octanol–water partition coefficient (Wildman–Crippen LogP) is 2.39. The molecule has 0 radical (unpaired) electrons. The number of hydrogen-bond donors (Lipinski definition) is 0. The van der Waals surface area contributed by atoms with Gasteiger partial charge < -0.3 is 4.90 Å². The molecule has 2 unspecified atom stereocenters. The van der Waals surface area contributed by atoms with Crippen LogP contribution in [-0.4, -0.2) is 30.3 Å². The molecule has 1 aliphatic heterocycles. The van der Waals surface area contributed by atoms with Crippen LogP contribution >= 0.6 is 0 Å². The van der Waals surface area contributed by atoms with Gasteiger partial charge in [0.2, 0.25) is 0 Å². The molecule has 0 spiro atoms. The van der Waals surface area contributed by atoms with Crippen LogP contribution in [0.2, 0.25) is 0 Å². The Morgan fingerprint density at radius 1 is 1.40 bits per heavy atom. The zero-order valence-corrected chi connectivity index (χ0v) is 9.54. The van der Waals surface area contributed by atoms with Crippen LogP contribution in [-0.2, 0) is 4.79 Å². The number of rotatable bonds is 3. The molecule has 0 N–H and O–H groups in total. The second-order valence-corrected chi connectivity index (χ2v) is 4.62. The smallest absolute Gasteiger partial charge is 0.315 e. The zero-order chi connectivity index (χ0) is 11.6. The maximum atomic E-state index is 12.2. The molecule has 0 aromatic rings. The van der Waals surface area contributed by atoms with Crippen molar-refractivity contribution in [3.63, 3.8) is 0 Å². The van der Waals surface area contributed by atoms with E-state index in [1.165, 1.54) is 4.90 Å². The monoisotopic (exact) mass is 219 g/mol. The van der Waals surface area contributed by atoms with E-state index in [0.717, 1.165) is 6.42 Å². The molecule has 0 bridgehead atoms. The van der Waals surface area contributed by atoms with Crippen LogP contribution in [0.15, 0.2) is 0 Å². The van der Waals surface area contributed by atoms with Crippen LogP contribution in [0, 0.1) is 17.8 Å². The summed E-state index contributed by atoms with van der Waals surface area (Å²) in [5, 5.41) is 0. The SMILES string of the molecule is CCC1CN(C(=O)C(F)F)CC1C(C)C. The van der Waals surface area contributed by atoms with Crippen LogP contribution < -0.4 is 0 Å². The Hall–Kier alpha value is -0.670. The fourth-order valence-corrected chi connectivity index (χ4v) is 2.40. The van der Waals surface area contributed by atoms with E-state index < -0.39 is 12.3 Å². The number of alkyl halides is 2. The molecule has 2 nitrogen and oxygen atoms in total. The van der Waals surface area contributed by atoms with E-state index in [1.54, 1.807) is 0 Å². The van der Waals surface area contributed by atoms with Gasteiger partial charge in [0.15, 0.2) is 0 Å². The maximum absolute atomic E-state index is 12.2. The van der Waals surface area contributed by atoms with Crippen LogP contribution in [0.3, 0.4) is 0 Å². The van der Waals surface area contributed by atoms with Gasteiger partial charge in [-0.1, -0.05) is 27.2 Å². The van der Waals surface area contributed by atoms with Gasteiger partial charge in [-0.2, -0.15) is 8.78 Å². The van der Waals surface area contributed by atoms with E-state index in [2.05, 4.69) is 20.8 Å². The Bertz CT molecular complexity index is 231. The Morgan fingerprint density at radius 3 is 2.33 bits per heavy atom. The number of halogens is 2. The number of likely N-dealkylation sites (tertiary alicyclic amines) is 1. The Morgan fingerprint density at radius 2 is 2.00 bits per heavy atom. The van der Waals surface area contributed by atoms with Gasteiger partial charge in [-0.05, 0) is 17.8 Å². The molecule has 1 heterocycles. The Balaban J connectivity index is 2.64. The summed E-state index contributed by atoms with van der Waals surface area (Å²) in [4.78, 5) is 12.5. The third kappa shape index (κ3) is 2.67. The number of carbonyl (C=O) groups excluding carboxylic acids is 1. The van der Waals surface area contributed by atoms with Gasteiger partial charge in [0, 0.05) is 13.1 Å². The lowest BCUT2D eigenvalue weighted by Crippen LogP contribution is -2.34. The molecule has 4 heteroatoms. The summed E-state index contributed by atoms with van der Waals surface area (Å²) < 4.78 is 24.5. The van der Waals surface area contributed by atoms with Gasteiger partial charge >= 0.3 is 6.43 Å². The van der Waals surface area contributed by atoms with E-state index >= 15 is 0 Å². The van der Waals surface area contributed by atoms with Gasteiger partial charge in [0.1, 0.15) is 0 Å². The number of nitrogens with zero attached hydrogens (tertiary/aromatic N) is 1. The number of amides is 1. The fourth-order valence-electron chi connectivity index (χ4n) is 2.40. The van der Waals surface area contributed by atoms with Crippen molar-refractivity contribution in [2.45, 2.75) is 33.6 Å². The predicted molar refractivity (Wildman–Crippen MR) is 54.7 cm³/mol. The molecule has 1 rings (SSSR count). The van der Waals surface area contributed by atoms with Gasteiger partial charge in [0.25, 0.3) is 5.91 Å². The van der Waals surface area contributed by atoms with Crippen LogP contribution in [0.5, 0.6) is 0 Å². The summed E-state index contributed by atoms with van der Waals surface area (Å²) in [5.41, 5.74) is 0. The summed E-state index contributed by atoms with van der Waals surface area (Å²) in [6, 6.07) is 0. The summed E-state index contributed by atoms with van der Waals surface area (Å²) in [7, 11) is 0. The molecule has 2 atom stereocenters. The minimum absolute atomic E-state index is 0.373. The molecule has 1 saturated heterocycles. The van der Waals surface area contributed by atoms with Crippen molar-refractivity contribution in [1.29, 1.82) is 0 Å². The lowest BCUT2D eigenvalue weighted by atomic mass is 9.85. The van der Waals surface area contributed by atoms with Gasteiger partial charge in [-0.25, -0.2) is 0 Å². The first-order valence-corrected chi connectivity index (χ1v) is 5.54. The second-order valence-electron chi connectivity index (χ2n) is 4.62. The largest absolute Gasteiger partial charge is 0.337 e. The molecule has 0 aliphatic carbocycles. The van der Waals surface area contributed by atoms with E-state index in [4.69, 9.17) is 0 Å². The van der Waals surface area contributed by atoms with Crippen molar-refractivity contribution in [1.82, 2.24) is 4.90 Å². The average molecular weight is 219 g/mol. The quantitative estimate of drug-likeness (QED) is 0.713. The number of carbonyl (C=O) groups is 1. The number of hydrogen-bond acceptors (Lipinski definition) is 1. The third-order valence-corrected chi connectivity index (χ3v) is 3.37. The molecule has 0 aromatic heterocycles. The molecular weight excluding hydrogens is 200 g/mol. The topological polar surface area (TPSA) is 20.3 Å². The van der Waals surface area contributed by atoms with E-state index in [1.807, 2.05) is 0 Å². The van der Waals surface area contributed by atoms with Gasteiger partial charge in [-0.15, -0.1) is 0 Å². The normalized spacial score (nSPS) is 26.7. The highest BCUT2D eigenvalue weighted by Crippen LogP contribution is 2.32. The molecule has 0 aromatic carbocycles. The van der Waals surface area contributed by atoms with Crippen LogP contribution in [0.4, 0.5) is 8.78 Å². The third-order valence-electron chi connectivity index (χ3n) is 3.37. The summed E-state index contributed by atoms with van der Waals surface area (Å²) in [6.07, 6.45) is -1.90. The highest BCUT2D eigenvalue weighted by atomic mass is 19.3.